The van der Waals surface area contributed by atoms with E-state index < -0.39 is 0 Å². The molecule has 2 fully saturated rings. The Bertz CT molecular complexity index is 285. The first-order valence-electron chi connectivity index (χ1n) is 8.08. The van der Waals surface area contributed by atoms with Crippen molar-refractivity contribution in [3.8, 4) is 0 Å². The summed E-state index contributed by atoms with van der Waals surface area (Å²) in [4.78, 5) is 16.4. The Morgan fingerprint density at radius 2 is 1.90 bits per heavy atom. The third-order valence-corrected chi connectivity index (χ3v) is 4.29. The van der Waals surface area contributed by atoms with Gasteiger partial charge in [-0.05, 0) is 51.4 Å². The van der Waals surface area contributed by atoms with Gasteiger partial charge in [0.15, 0.2) is 0 Å². The van der Waals surface area contributed by atoms with Gasteiger partial charge in [0.2, 0.25) is 5.91 Å². The van der Waals surface area contributed by atoms with E-state index in [4.69, 9.17) is 4.74 Å². The van der Waals surface area contributed by atoms with Gasteiger partial charge in [0, 0.05) is 13.1 Å². The number of amides is 1. The van der Waals surface area contributed by atoms with Crippen LogP contribution in [-0.4, -0.2) is 74.7 Å². The van der Waals surface area contributed by atoms with Gasteiger partial charge in [0.05, 0.1) is 19.8 Å². The lowest BCUT2D eigenvalue weighted by Crippen LogP contribution is -2.47. The summed E-state index contributed by atoms with van der Waals surface area (Å²) in [6.45, 7) is 10.1. The van der Waals surface area contributed by atoms with Crippen molar-refractivity contribution in [3.63, 3.8) is 0 Å². The minimum Gasteiger partial charge on any atom is -0.378 e. The SMILES string of the molecule is CCCNCC1CCN(CC(=O)N2CCOCC2)CC1. The molecule has 0 aliphatic carbocycles. The average Bonchev–Trinajstić information content (AvgIpc) is 2.50. The molecule has 0 spiro atoms. The van der Waals surface area contributed by atoms with E-state index in [2.05, 4.69) is 17.1 Å². The molecule has 0 aromatic rings. The number of nitrogens with one attached hydrogen (secondary N) is 1. The quantitative estimate of drug-likeness (QED) is 0.723. The van der Waals surface area contributed by atoms with Crippen LogP contribution in [0.4, 0.5) is 0 Å². The van der Waals surface area contributed by atoms with Crippen molar-refractivity contribution in [1.29, 1.82) is 0 Å². The summed E-state index contributed by atoms with van der Waals surface area (Å²) in [7, 11) is 0. The van der Waals surface area contributed by atoms with E-state index in [1.54, 1.807) is 0 Å². The Morgan fingerprint density at radius 3 is 2.55 bits per heavy atom. The fourth-order valence-electron chi connectivity index (χ4n) is 2.94. The first-order valence-corrected chi connectivity index (χ1v) is 8.08. The molecular formula is C15H29N3O2. The van der Waals surface area contributed by atoms with Crippen LogP contribution in [0.2, 0.25) is 0 Å². The lowest BCUT2D eigenvalue weighted by molar-refractivity contribution is -0.136. The summed E-state index contributed by atoms with van der Waals surface area (Å²) >= 11 is 0. The van der Waals surface area contributed by atoms with Gasteiger partial charge < -0.3 is 15.0 Å². The smallest absolute Gasteiger partial charge is 0.236 e. The highest BCUT2D eigenvalue weighted by atomic mass is 16.5. The zero-order chi connectivity index (χ0) is 14.2. The van der Waals surface area contributed by atoms with Crippen molar-refractivity contribution < 1.29 is 9.53 Å². The Labute approximate surface area is 122 Å². The molecular weight excluding hydrogens is 254 g/mol. The molecule has 0 radical (unpaired) electrons. The molecule has 5 nitrogen and oxygen atoms in total. The zero-order valence-corrected chi connectivity index (χ0v) is 12.8. The van der Waals surface area contributed by atoms with E-state index in [1.807, 2.05) is 4.90 Å². The Kier molecular flexibility index (Phi) is 6.76. The van der Waals surface area contributed by atoms with E-state index in [9.17, 15) is 4.79 Å². The number of nitrogens with zero attached hydrogens (tertiary/aromatic N) is 2. The van der Waals surface area contributed by atoms with Crippen molar-refractivity contribution in [2.75, 3.05) is 59.0 Å². The number of ether oxygens (including phenoxy) is 1. The van der Waals surface area contributed by atoms with E-state index in [0.29, 0.717) is 19.8 Å². The van der Waals surface area contributed by atoms with Crippen molar-refractivity contribution >= 4 is 5.91 Å². The first kappa shape index (κ1) is 15.7. The van der Waals surface area contributed by atoms with E-state index in [1.165, 1.54) is 19.3 Å². The third kappa shape index (κ3) is 5.04. The predicted molar refractivity (Wildman–Crippen MR) is 79.7 cm³/mol. The van der Waals surface area contributed by atoms with E-state index in [-0.39, 0.29) is 5.91 Å². The monoisotopic (exact) mass is 283 g/mol. The molecule has 2 aliphatic heterocycles. The van der Waals surface area contributed by atoms with E-state index >= 15 is 0 Å². The number of morpholine rings is 1. The fourth-order valence-corrected chi connectivity index (χ4v) is 2.94. The highest BCUT2D eigenvalue weighted by Crippen LogP contribution is 2.16. The van der Waals surface area contributed by atoms with Gasteiger partial charge >= 0.3 is 0 Å². The van der Waals surface area contributed by atoms with Crippen LogP contribution in [0.3, 0.4) is 0 Å². The van der Waals surface area contributed by atoms with Gasteiger partial charge in [-0.25, -0.2) is 0 Å². The summed E-state index contributed by atoms with van der Waals surface area (Å²) < 4.78 is 5.29. The minimum atomic E-state index is 0.274. The standard InChI is InChI=1S/C15H29N3O2/c1-2-5-16-12-14-3-6-17(7-4-14)13-15(19)18-8-10-20-11-9-18/h14,16H,2-13H2,1H3. The average molecular weight is 283 g/mol. The fraction of sp³-hybridized carbons (Fsp3) is 0.933. The molecule has 0 bridgehead atoms. The number of hydrogen-bond acceptors (Lipinski definition) is 4. The van der Waals surface area contributed by atoms with Crippen molar-refractivity contribution in [2.45, 2.75) is 26.2 Å². The highest BCUT2D eigenvalue weighted by molar-refractivity contribution is 5.78. The molecule has 0 saturated carbocycles. The van der Waals surface area contributed by atoms with Gasteiger partial charge in [-0.3, -0.25) is 9.69 Å². The van der Waals surface area contributed by atoms with E-state index in [0.717, 1.165) is 45.2 Å². The molecule has 0 aromatic heterocycles. The molecule has 1 N–H and O–H groups in total. The molecule has 2 heterocycles. The van der Waals surface area contributed by atoms with Crippen LogP contribution < -0.4 is 5.32 Å². The van der Waals surface area contributed by atoms with Crippen LogP contribution in [0.25, 0.3) is 0 Å². The predicted octanol–water partition coefficient (Wildman–Crippen LogP) is 0.557. The molecule has 0 atom stereocenters. The van der Waals surface area contributed by atoms with Crippen LogP contribution >= 0.6 is 0 Å². The molecule has 1 amide bonds. The summed E-state index contributed by atoms with van der Waals surface area (Å²) in [5, 5.41) is 3.50. The van der Waals surface area contributed by atoms with Crippen LogP contribution in [0, 0.1) is 5.92 Å². The summed E-state index contributed by atoms with van der Waals surface area (Å²) in [6.07, 6.45) is 3.63. The Morgan fingerprint density at radius 1 is 1.20 bits per heavy atom. The number of piperidine rings is 1. The Balaban J connectivity index is 1.62. The molecule has 2 aliphatic rings. The maximum atomic E-state index is 12.2. The number of rotatable bonds is 6. The van der Waals surface area contributed by atoms with Gasteiger partial charge in [0.1, 0.15) is 0 Å². The molecule has 20 heavy (non-hydrogen) atoms. The molecule has 116 valence electrons. The van der Waals surface area contributed by atoms with Crippen molar-refractivity contribution in [1.82, 2.24) is 15.1 Å². The second-order valence-corrected chi connectivity index (χ2v) is 5.92. The third-order valence-electron chi connectivity index (χ3n) is 4.29. The lowest BCUT2D eigenvalue weighted by Gasteiger charge is -2.34. The largest absolute Gasteiger partial charge is 0.378 e. The molecule has 0 aromatic carbocycles. The van der Waals surface area contributed by atoms with Gasteiger partial charge in [0.25, 0.3) is 0 Å². The van der Waals surface area contributed by atoms with Crippen LogP contribution in [0.15, 0.2) is 0 Å². The lowest BCUT2D eigenvalue weighted by atomic mass is 9.97. The Hall–Kier alpha value is -0.650. The molecule has 2 rings (SSSR count). The summed E-state index contributed by atoms with van der Waals surface area (Å²) in [5.74, 6) is 1.06. The molecule has 0 unspecified atom stereocenters. The van der Waals surface area contributed by atoms with Gasteiger partial charge in [-0.1, -0.05) is 6.92 Å². The highest BCUT2D eigenvalue weighted by Gasteiger charge is 2.23. The number of carbonyl (C=O) groups is 1. The molecule has 5 heteroatoms. The van der Waals surface area contributed by atoms with Crippen molar-refractivity contribution in [2.24, 2.45) is 5.92 Å². The number of carbonyl (C=O) groups excluding carboxylic acids is 1. The van der Waals surface area contributed by atoms with Gasteiger partial charge in [-0.15, -0.1) is 0 Å². The van der Waals surface area contributed by atoms with Crippen LogP contribution in [-0.2, 0) is 9.53 Å². The second kappa shape index (κ2) is 8.60. The summed E-state index contributed by atoms with van der Waals surface area (Å²) in [6, 6.07) is 0. The zero-order valence-electron chi connectivity index (χ0n) is 12.8. The number of likely N-dealkylation sites (tertiary alicyclic amines) is 1. The summed E-state index contributed by atoms with van der Waals surface area (Å²) in [5.41, 5.74) is 0. The normalized spacial score (nSPS) is 22.1. The number of hydrogen-bond donors (Lipinski definition) is 1. The maximum absolute atomic E-state index is 12.2. The van der Waals surface area contributed by atoms with Gasteiger partial charge in [-0.2, -0.15) is 0 Å². The van der Waals surface area contributed by atoms with Crippen molar-refractivity contribution in [3.05, 3.63) is 0 Å². The minimum absolute atomic E-state index is 0.274. The maximum Gasteiger partial charge on any atom is 0.236 e. The topological polar surface area (TPSA) is 44.8 Å². The first-order chi connectivity index (χ1) is 9.79. The van der Waals surface area contributed by atoms with Crippen LogP contribution in [0.5, 0.6) is 0 Å². The molecule has 2 saturated heterocycles. The van der Waals surface area contributed by atoms with Crippen LogP contribution in [0.1, 0.15) is 26.2 Å². The second-order valence-electron chi connectivity index (χ2n) is 5.92.